The molecule has 1 aromatic rings. The highest BCUT2D eigenvalue weighted by Crippen LogP contribution is 2.34. The molecule has 1 aromatic carbocycles. The Morgan fingerprint density at radius 2 is 1.95 bits per heavy atom. The first kappa shape index (κ1) is 15.0. The average molecular weight is 278 g/mol. The van der Waals surface area contributed by atoms with Crippen molar-refractivity contribution in [3.63, 3.8) is 0 Å². The smallest absolute Gasteiger partial charge is 0.145 e. The highest BCUT2D eigenvalue weighted by atomic mass is 16.5. The van der Waals surface area contributed by atoms with Gasteiger partial charge in [0.15, 0.2) is 0 Å². The molecule has 1 N–H and O–H groups in total. The van der Waals surface area contributed by atoms with E-state index >= 15 is 0 Å². The number of piperazine rings is 1. The Morgan fingerprint density at radius 1 is 1.20 bits per heavy atom. The van der Waals surface area contributed by atoms with E-state index in [4.69, 9.17) is 9.47 Å². The minimum atomic E-state index is 0.248. The van der Waals surface area contributed by atoms with Crippen LogP contribution in [-0.2, 0) is 0 Å². The van der Waals surface area contributed by atoms with Gasteiger partial charge in [0.05, 0.1) is 19.9 Å². The number of methoxy groups -OCH3 is 2. The molecular formula is C16H26N2O2. The van der Waals surface area contributed by atoms with Crippen LogP contribution in [0.2, 0.25) is 0 Å². The Morgan fingerprint density at radius 3 is 2.55 bits per heavy atom. The average Bonchev–Trinajstić information content (AvgIpc) is 2.45. The molecule has 4 nitrogen and oxygen atoms in total. The molecule has 1 atom stereocenters. The molecule has 4 heteroatoms. The van der Waals surface area contributed by atoms with Gasteiger partial charge in [0, 0.05) is 31.7 Å². The number of nitrogens with one attached hydrogen (secondary N) is 1. The van der Waals surface area contributed by atoms with Crippen molar-refractivity contribution in [2.45, 2.75) is 26.8 Å². The molecule has 1 aliphatic rings. The summed E-state index contributed by atoms with van der Waals surface area (Å²) in [4.78, 5) is 2.39. The molecule has 0 bridgehead atoms. The fraction of sp³-hybridized carbons (Fsp3) is 0.625. The van der Waals surface area contributed by atoms with Gasteiger partial charge in [-0.2, -0.15) is 0 Å². The van der Waals surface area contributed by atoms with Crippen LogP contribution in [0.1, 0.15) is 20.8 Å². The van der Waals surface area contributed by atoms with Gasteiger partial charge in [0.1, 0.15) is 11.5 Å². The molecule has 0 aromatic heterocycles. The summed E-state index contributed by atoms with van der Waals surface area (Å²) in [5, 5.41) is 3.61. The van der Waals surface area contributed by atoms with Crippen LogP contribution < -0.4 is 19.7 Å². The standard InChI is InChI=1S/C16H26N2O2/c1-16(2,3)15-11-18(9-8-17-15)13-7-6-12(19-4)10-14(13)20-5/h6-7,10,15,17H,8-9,11H2,1-5H3. The SMILES string of the molecule is COc1ccc(N2CCNC(C(C)(C)C)C2)c(OC)c1. The molecule has 1 aliphatic heterocycles. The van der Waals surface area contributed by atoms with E-state index in [0.717, 1.165) is 36.8 Å². The second kappa shape index (κ2) is 5.92. The molecular weight excluding hydrogens is 252 g/mol. The molecule has 20 heavy (non-hydrogen) atoms. The number of anilines is 1. The maximum Gasteiger partial charge on any atom is 0.145 e. The Balaban J connectivity index is 2.22. The van der Waals surface area contributed by atoms with Crippen LogP contribution in [0, 0.1) is 5.41 Å². The number of rotatable bonds is 3. The third-order valence-electron chi connectivity index (χ3n) is 3.95. The predicted molar refractivity (Wildman–Crippen MR) is 83.0 cm³/mol. The van der Waals surface area contributed by atoms with Crippen molar-refractivity contribution >= 4 is 5.69 Å². The molecule has 0 spiro atoms. The Hall–Kier alpha value is -1.42. The quantitative estimate of drug-likeness (QED) is 0.921. The van der Waals surface area contributed by atoms with Crippen LogP contribution >= 0.6 is 0 Å². The first-order valence-corrected chi connectivity index (χ1v) is 7.16. The van der Waals surface area contributed by atoms with Gasteiger partial charge >= 0.3 is 0 Å². The van der Waals surface area contributed by atoms with E-state index in [2.05, 4.69) is 37.1 Å². The second-order valence-electron chi connectivity index (χ2n) is 6.36. The lowest BCUT2D eigenvalue weighted by Gasteiger charge is -2.41. The molecule has 2 rings (SSSR count). The lowest BCUT2D eigenvalue weighted by Crippen LogP contribution is -2.56. The number of ether oxygens (including phenoxy) is 2. The molecule has 0 amide bonds. The molecule has 0 radical (unpaired) electrons. The number of hydrogen-bond donors (Lipinski definition) is 1. The summed E-state index contributed by atoms with van der Waals surface area (Å²) < 4.78 is 10.8. The van der Waals surface area contributed by atoms with Crippen LogP contribution in [0.3, 0.4) is 0 Å². The van der Waals surface area contributed by atoms with E-state index in [-0.39, 0.29) is 5.41 Å². The first-order valence-electron chi connectivity index (χ1n) is 7.16. The second-order valence-corrected chi connectivity index (χ2v) is 6.36. The van der Waals surface area contributed by atoms with E-state index in [1.807, 2.05) is 12.1 Å². The van der Waals surface area contributed by atoms with E-state index in [9.17, 15) is 0 Å². The van der Waals surface area contributed by atoms with Crippen molar-refractivity contribution in [1.82, 2.24) is 5.32 Å². The maximum atomic E-state index is 5.52. The number of hydrogen-bond acceptors (Lipinski definition) is 4. The molecule has 0 saturated carbocycles. The van der Waals surface area contributed by atoms with E-state index in [1.54, 1.807) is 14.2 Å². The largest absolute Gasteiger partial charge is 0.497 e. The topological polar surface area (TPSA) is 33.7 Å². The zero-order valence-electron chi connectivity index (χ0n) is 13.2. The summed E-state index contributed by atoms with van der Waals surface area (Å²) >= 11 is 0. The summed E-state index contributed by atoms with van der Waals surface area (Å²) in [5.74, 6) is 1.70. The molecule has 1 unspecified atom stereocenters. The van der Waals surface area contributed by atoms with Gasteiger partial charge in [-0.05, 0) is 17.5 Å². The predicted octanol–water partition coefficient (Wildman–Crippen LogP) is 2.53. The van der Waals surface area contributed by atoms with Crippen molar-refractivity contribution in [3.8, 4) is 11.5 Å². The van der Waals surface area contributed by atoms with Crippen LogP contribution in [0.4, 0.5) is 5.69 Å². The highest BCUT2D eigenvalue weighted by Gasteiger charge is 2.30. The minimum absolute atomic E-state index is 0.248. The van der Waals surface area contributed by atoms with Crippen LogP contribution in [0.15, 0.2) is 18.2 Å². The van der Waals surface area contributed by atoms with Crippen molar-refractivity contribution in [1.29, 1.82) is 0 Å². The summed E-state index contributed by atoms with van der Waals surface area (Å²) in [6, 6.07) is 6.50. The van der Waals surface area contributed by atoms with Gasteiger partial charge in [-0.3, -0.25) is 0 Å². The number of nitrogens with zero attached hydrogens (tertiary/aromatic N) is 1. The lowest BCUT2D eigenvalue weighted by atomic mass is 9.85. The minimum Gasteiger partial charge on any atom is -0.497 e. The zero-order chi connectivity index (χ0) is 14.8. The fourth-order valence-electron chi connectivity index (χ4n) is 2.59. The van der Waals surface area contributed by atoms with E-state index < -0.39 is 0 Å². The Bertz CT molecular complexity index is 454. The molecule has 1 saturated heterocycles. The van der Waals surface area contributed by atoms with Crippen molar-refractivity contribution in [2.24, 2.45) is 5.41 Å². The first-order chi connectivity index (χ1) is 9.45. The summed E-state index contributed by atoms with van der Waals surface area (Å²) in [6.07, 6.45) is 0. The van der Waals surface area contributed by atoms with Crippen LogP contribution in [-0.4, -0.2) is 39.9 Å². The van der Waals surface area contributed by atoms with Crippen LogP contribution in [0.25, 0.3) is 0 Å². The fourth-order valence-corrected chi connectivity index (χ4v) is 2.59. The van der Waals surface area contributed by atoms with Crippen molar-refractivity contribution in [3.05, 3.63) is 18.2 Å². The summed E-state index contributed by atoms with van der Waals surface area (Å²) in [7, 11) is 3.39. The Kier molecular flexibility index (Phi) is 4.43. The van der Waals surface area contributed by atoms with Gasteiger partial charge in [0.25, 0.3) is 0 Å². The molecule has 1 heterocycles. The molecule has 1 fully saturated rings. The van der Waals surface area contributed by atoms with E-state index in [1.165, 1.54) is 0 Å². The Labute approximate surface area is 122 Å². The monoisotopic (exact) mass is 278 g/mol. The normalized spacial score (nSPS) is 19.9. The molecule has 0 aliphatic carbocycles. The van der Waals surface area contributed by atoms with Crippen molar-refractivity contribution in [2.75, 3.05) is 38.8 Å². The molecule has 112 valence electrons. The summed E-state index contributed by atoms with van der Waals surface area (Å²) in [6.45, 7) is 9.82. The zero-order valence-corrected chi connectivity index (χ0v) is 13.2. The van der Waals surface area contributed by atoms with Gasteiger partial charge < -0.3 is 19.7 Å². The van der Waals surface area contributed by atoms with Crippen molar-refractivity contribution < 1.29 is 9.47 Å². The lowest BCUT2D eigenvalue weighted by molar-refractivity contribution is 0.253. The third kappa shape index (κ3) is 3.18. The van der Waals surface area contributed by atoms with Crippen LogP contribution in [0.5, 0.6) is 11.5 Å². The summed E-state index contributed by atoms with van der Waals surface area (Å²) in [5.41, 5.74) is 1.39. The number of benzene rings is 1. The van der Waals surface area contributed by atoms with Gasteiger partial charge in [-0.25, -0.2) is 0 Å². The van der Waals surface area contributed by atoms with E-state index in [0.29, 0.717) is 6.04 Å². The highest BCUT2D eigenvalue weighted by molar-refractivity contribution is 5.61. The maximum absolute atomic E-state index is 5.52. The van der Waals surface area contributed by atoms with Gasteiger partial charge in [0.2, 0.25) is 0 Å². The third-order valence-corrected chi connectivity index (χ3v) is 3.95. The van der Waals surface area contributed by atoms with Gasteiger partial charge in [-0.15, -0.1) is 0 Å². The van der Waals surface area contributed by atoms with Gasteiger partial charge in [-0.1, -0.05) is 20.8 Å².